The minimum atomic E-state index is -0.175. The minimum absolute atomic E-state index is 0.175. The Morgan fingerprint density at radius 3 is 2.65 bits per heavy atom. The van der Waals surface area contributed by atoms with E-state index in [-0.39, 0.29) is 5.82 Å². The van der Waals surface area contributed by atoms with Gasteiger partial charge < -0.3 is 5.32 Å². The molecule has 0 saturated heterocycles. The van der Waals surface area contributed by atoms with Crippen molar-refractivity contribution in [1.82, 2.24) is 0 Å². The Morgan fingerprint density at radius 1 is 1.24 bits per heavy atom. The van der Waals surface area contributed by atoms with Crippen LogP contribution in [0, 0.1) is 17.7 Å². The molecule has 1 aliphatic carbocycles. The Morgan fingerprint density at radius 2 is 2.00 bits per heavy atom. The summed E-state index contributed by atoms with van der Waals surface area (Å²) in [5, 5.41) is 3.35. The number of rotatable bonds is 2. The Labute approximate surface area is 111 Å². The summed E-state index contributed by atoms with van der Waals surface area (Å²) >= 11 is 3.40. The zero-order valence-corrected chi connectivity index (χ0v) is 11.9. The van der Waals surface area contributed by atoms with Crippen molar-refractivity contribution in [3.05, 3.63) is 28.5 Å². The third-order valence-electron chi connectivity index (χ3n) is 3.91. The van der Waals surface area contributed by atoms with Gasteiger partial charge in [0.25, 0.3) is 0 Å². The summed E-state index contributed by atoms with van der Waals surface area (Å²) in [6, 6.07) is 5.49. The maximum atomic E-state index is 13.7. The van der Waals surface area contributed by atoms with Gasteiger partial charge in [0.1, 0.15) is 5.82 Å². The SMILES string of the molecule is CC1CCC(Nc2c(F)cccc2Br)CC1C. The molecular weight excluding hydrogens is 281 g/mol. The van der Waals surface area contributed by atoms with Crippen LogP contribution in [0.2, 0.25) is 0 Å². The highest BCUT2D eigenvalue weighted by atomic mass is 79.9. The second kappa shape index (κ2) is 5.38. The van der Waals surface area contributed by atoms with Gasteiger partial charge >= 0.3 is 0 Å². The van der Waals surface area contributed by atoms with Crippen molar-refractivity contribution in [2.75, 3.05) is 5.32 Å². The molecule has 1 saturated carbocycles. The molecule has 1 N–H and O–H groups in total. The van der Waals surface area contributed by atoms with Crippen molar-refractivity contribution in [1.29, 1.82) is 0 Å². The summed E-state index contributed by atoms with van der Waals surface area (Å²) in [6.45, 7) is 4.59. The fraction of sp³-hybridized carbons (Fsp3) is 0.571. The van der Waals surface area contributed by atoms with E-state index in [1.807, 2.05) is 6.07 Å². The van der Waals surface area contributed by atoms with Crippen LogP contribution in [0.4, 0.5) is 10.1 Å². The predicted molar refractivity (Wildman–Crippen MR) is 73.7 cm³/mol. The summed E-state index contributed by atoms with van der Waals surface area (Å²) in [4.78, 5) is 0. The van der Waals surface area contributed by atoms with Gasteiger partial charge in [0.15, 0.2) is 0 Å². The molecule has 3 unspecified atom stereocenters. The molecule has 0 heterocycles. The first-order valence-electron chi connectivity index (χ1n) is 6.28. The molecule has 0 bridgehead atoms. The van der Waals surface area contributed by atoms with Gasteiger partial charge in [0.2, 0.25) is 0 Å². The third-order valence-corrected chi connectivity index (χ3v) is 4.57. The van der Waals surface area contributed by atoms with Gasteiger partial charge in [-0.1, -0.05) is 19.9 Å². The number of hydrogen-bond acceptors (Lipinski definition) is 1. The molecule has 0 aliphatic heterocycles. The molecule has 94 valence electrons. The zero-order valence-electron chi connectivity index (χ0n) is 10.3. The molecule has 17 heavy (non-hydrogen) atoms. The van der Waals surface area contributed by atoms with E-state index < -0.39 is 0 Å². The normalized spacial score (nSPS) is 29.1. The molecule has 2 rings (SSSR count). The number of nitrogens with one attached hydrogen (secondary N) is 1. The predicted octanol–water partition coefficient (Wildman–Crippen LogP) is 4.82. The van der Waals surface area contributed by atoms with E-state index in [1.54, 1.807) is 6.07 Å². The van der Waals surface area contributed by atoms with Crippen molar-refractivity contribution >= 4 is 21.6 Å². The number of para-hydroxylation sites is 1. The van der Waals surface area contributed by atoms with Crippen LogP contribution < -0.4 is 5.32 Å². The van der Waals surface area contributed by atoms with E-state index in [9.17, 15) is 4.39 Å². The van der Waals surface area contributed by atoms with Crippen molar-refractivity contribution in [2.45, 2.75) is 39.2 Å². The number of benzene rings is 1. The molecule has 1 aromatic rings. The zero-order chi connectivity index (χ0) is 12.4. The third kappa shape index (κ3) is 3.01. The van der Waals surface area contributed by atoms with E-state index in [2.05, 4.69) is 35.1 Å². The monoisotopic (exact) mass is 299 g/mol. The number of halogens is 2. The van der Waals surface area contributed by atoms with E-state index in [0.29, 0.717) is 17.6 Å². The fourth-order valence-corrected chi connectivity index (χ4v) is 2.97. The fourth-order valence-electron chi connectivity index (χ4n) is 2.52. The maximum Gasteiger partial charge on any atom is 0.147 e. The number of hydrogen-bond donors (Lipinski definition) is 1. The van der Waals surface area contributed by atoms with Crippen LogP contribution in [0.15, 0.2) is 22.7 Å². The van der Waals surface area contributed by atoms with Crippen molar-refractivity contribution in [3.8, 4) is 0 Å². The minimum Gasteiger partial charge on any atom is -0.379 e. The lowest BCUT2D eigenvalue weighted by molar-refractivity contribution is 0.260. The summed E-state index contributed by atoms with van der Waals surface area (Å²) in [6.07, 6.45) is 3.49. The lowest BCUT2D eigenvalue weighted by atomic mass is 9.79. The molecule has 0 amide bonds. The molecule has 1 aromatic carbocycles. The molecule has 1 fully saturated rings. The Bertz CT molecular complexity index is 374. The van der Waals surface area contributed by atoms with Gasteiger partial charge in [-0.15, -0.1) is 0 Å². The van der Waals surface area contributed by atoms with Crippen molar-refractivity contribution in [3.63, 3.8) is 0 Å². The highest BCUT2D eigenvalue weighted by Crippen LogP contribution is 2.33. The number of anilines is 1. The van der Waals surface area contributed by atoms with Crippen LogP contribution >= 0.6 is 15.9 Å². The second-order valence-corrected chi connectivity index (χ2v) is 6.06. The summed E-state index contributed by atoms with van der Waals surface area (Å²) in [5.41, 5.74) is 0.610. The van der Waals surface area contributed by atoms with Crippen LogP contribution in [-0.2, 0) is 0 Å². The van der Waals surface area contributed by atoms with E-state index in [0.717, 1.165) is 23.2 Å². The van der Waals surface area contributed by atoms with Gasteiger partial charge in [-0.2, -0.15) is 0 Å². The first-order valence-corrected chi connectivity index (χ1v) is 7.07. The summed E-state index contributed by atoms with van der Waals surface area (Å²) in [5.74, 6) is 1.33. The maximum absolute atomic E-state index is 13.7. The van der Waals surface area contributed by atoms with Crippen LogP contribution in [-0.4, -0.2) is 6.04 Å². The van der Waals surface area contributed by atoms with Gasteiger partial charge in [-0.25, -0.2) is 4.39 Å². The Kier molecular flexibility index (Phi) is 4.08. The molecule has 1 nitrogen and oxygen atoms in total. The van der Waals surface area contributed by atoms with Crippen molar-refractivity contribution in [2.24, 2.45) is 11.8 Å². The molecule has 1 aliphatic rings. The first kappa shape index (κ1) is 12.9. The lowest BCUT2D eigenvalue weighted by Gasteiger charge is -2.33. The average Bonchev–Trinajstić information content (AvgIpc) is 2.28. The highest BCUT2D eigenvalue weighted by Gasteiger charge is 2.25. The topological polar surface area (TPSA) is 12.0 Å². The lowest BCUT2D eigenvalue weighted by Crippen LogP contribution is -2.30. The Hall–Kier alpha value is -0.570. The standard InChI is InChI=1S/C14H19BrFN/c1-9-6-7-11(8-10(9)2)17-14-12(15)4-3-5-13(14)16/h3-5,9-11,17H,6-8H2,1-2H3. The average molecular weight is 300 g/mol. The van der Waals surface area contributed by atoms with E-state index in [4.69, 9.17) is 0 Å². The first-order chi connectivity index (χ1) is 8.08. The molecule has 0 spiro atoms. The van der Waals surface area contributed by atoms with Crippen LogP contribution in [0.3, 0.4) is 0 Å². The molecule has 0 radical (unpaired) electrons. The molecule has 0 aromatic heterocycles. The van der Waals surface area contributed by atoms with E-state index >= 15 is 0 Å². The summed E-state index contributed by atoms with van der Waals surface area (Å²) in [7, 11) is 0. The van der Waals surface area contributed by atoms with Crippen LogP contribution in [0.5, 0.6) is 0 Å². The Balaban J connectivity index is 2.06. The van der Waals surface area contributed by atoms with Gasteiger partial charge in [0, 0.05) is 10.5 Å². The quantitative estimate of drug-likeness (QED) is 0.825. The van der Waals surface area contributed by atoms with E-state index in [1.165, 1.54) is 12.5 Å². The van der Waals surface area contributed by atoms with Gasteiger partial charge in [-0.3, -0.25) is 0 Å². The highest BCUT2D eigenvalue weighted by molar-refractivity contribution is 9.10. The van der Waals surface area contributed by atoms with Gasteiger partial charge in [-0.05, 0) is 59.2 Å². The summed E-state index contributed by atoms with van der Waals surface area (Å²) < 4.78 is 14.5. The molecule has 3 heteroatoms. The molecular formula is C14H19BrFN. The van der Waals surface area contributed by atoms with Crippen LogP contribution in [0.25, 0.3) is 0 Å². The van der Waals surface area contributed by atoms with Crippen molar-refractivity contribution < 1.29 is 4.39 Å². The molecule has 3 atom stereocenters. The largest absolute Gasteiger partial charge is 0.379 e. The second-order valence-electron chi connectivity index (χ2n) is 5.21. The van der Waals surface area contributed by atoms with Gasteiger partial charge in [0.05, 0.1) is 5.69 Å². The smallest absolute Gasteiger partial charge is 0.147 e. The van der Waals surface area contributed by atoms with Crippen LogP contribution in [0.1, 0.15) is 33.1 Å².